The van der Waals surface area contributed by atoms with Crippen molar-refractivity contribution < 1.29 is 9.53 Å². The van der Waals surface area contributed by atoms with E-state index in [1.165, 1.54) is 18.4 Å². The fraction of sp³-hybridized carbons (Fsp3) is 0.357. The molecule has 3 nitrogen and oxygen atoms in total. The number of esters is 1. The van der Waals surface area contributed by atoms with Gasteiger partial charge in [0.15, 0.2) is 0 Å². The van der Waals surface area contributed by atoms with E-state index < -0.39 is 0 Å². The standard InChI is InChI=1S/C14H17NO2S/c1-3-4-6-10-9-7-5-8-11(15)12(9)18-13(10)14(16)17-2/h5,7-8H,3-4,6,15H2,1-2H3. The molecule has 0 aliphatic rings. The van der Waals surface area contributed by atoms with E-state index in [4.69, 9.17) is 10.5 Å². The van der Waals surface area contributed by atoms with Crippen molar-refractivity contribution in [1.82, 2.24) is 0 Å². The minimum atomic E-state index is -0.262. The van der Waals surface area contributed by atoms with E-state index in [-0.39, 0.29) is 5.97 Å². The predicted octanol–water partition coefficient (Wildman–Crippen LogP) is 3.61. The van der Waals surface area contributed by atoms with E-state index in [2.05, 4.69) is 6.92 Å². The molecule has 0 fully saturated rings. The first-order valence-corrected chi connectivity index (χ1v) is 6.88. The Morgan fingerprint density at radius 2 is 2.22 bits per heavy atom. The van der Waals surface area contributed by atoms with Gasteiger partial charge >= 0.3 is 5.97 Å². The van der Waals surface area contributed by atoms with Crippen molar-refractivity contribution in [3.63, 3.8) is 0 Å². The zero-order chi connectivity index (χ0) is 13.1. The average molecular weight is 263 g/mol. The van der Waals surface area contributed by atoms with Crippen molar-refractivity contribution in [2.45, 2.75) is 26.2 Å². The van der Waals surface area contributed by atoms with Crippen LogP contribution < -0.4 is 5.73 Å². The van der Waals surface area contributed by atoms with Crippen LogP contribution in [0.1, 0.15) is 35.0 Å². The van der Waals surface area contributed by atoms with Crippen molar-refractivity contribution in [2.24, 2.45) is 0 Å². The van der Waals surface area contributed by atoms with E-state index in [0.29, 0.717) is 4.88 Å². The first-order chi connectivity index (χ1) is 8.69. The van der Waals surface area contributed by atoms with E-state index in [9.17, 15) is 4.79 Å². The Labute approximate surface area is 111 Å². The molecule has 2 rings (SSSR count). The summed E-state index contributed by atoms with van der Waals surface area (Å²) in [4.78, 5) is 12.5. The summed E-state index contributed by atoms with van der Waals surface area (Å²) >= 11 is 1.43. The van der Waals surface area contributed by atoms with Crippen molar-refractivity contribution in [3.05, 3.63) is 28.6 Å². The van der Waals surface area contributed by atoms with E-state index in [1.807, 2.05) is 18.2 Å². The fourth-order valence-corrected chi connectivity index (χ4v) is 3.24. The summed E-state index contributed by atoms with van der Waals surface area (Å²) in [5.74, 6) is -0.262. The number of methoxy groups -OCH3 is 1. The third kappa shape index (κ3) is 2.20. The second-order valence-corrected chi connectivity index (χ2v) is 5.25. The van der Waals surface area contributed by atoms with E-state index in [0.717, 1.165) is 40.6 Å². The minimum absolute atomic E-state index is 0.262. The molecule has 0 unspecified atom stereocenters. The lowest BCUT2D eigenvalue weighted by Gasteiger charge is -2.02. The highest BCUT2D eigenvalue weighted by Crippen LogP contribution is 2.36. The number of ether oxygens (including phenoxy) is 1. The van der Waals surface area contributed by atoms with Crippen LogP contribution in [0.25, 0.3) is 10.1 Å². The van der Waals surface area contributed by atoms with Crippen LogP contribution in [0.4, 0.5) is 5.69 Å². The molecule has 1 aromatic heterocycles. The molecule has 0 aliphatic heterocycles. The smallest absolute Gasteiger partial charge is 0.348 e. The molecule has 1 aromatic carbocycles. The van der Waals surface area contributed by atoms with E-state index >= 15 is 0 Å². The number of nitrogen functional groups attached to an aromatic ring is 1. The number of hydrogen-bond donors (Lipinski definition) is 1. The summed E-state index contributed by atoms with van der Waals surface area (Å²) in [6.45, 7) is 2.14. The first-order valence-electron chi connectivity index (χ1n) is 6.07. The maximum absolute atomic E-state index is 11.8. The molecule has 0 saturated carbocycles. The highest BCUT2D eigenvalue weighted by atomic mass is 32.1. The predicted molar refractivity (Wildman–Crippen MR) is 76.2 cm³/mol. The van der Waals surface area contributed by atoms with Crippen LogP contribution in [0.2, 0.25) is 0 Å². The molecule has 2 aromatic rings. The van der Waals surface area contributed by atoms with E-state index in [1.54, 1.807) is 0 Å². The number of rotatable bonds is 4. The Balaban J connectivity index is 2.60. The van der Waals surface area contributed by atoms with Crippen molar-refractivity contribution in [2.75, 3.05) is 12.8 Å². The molecule has 0 amide bonds. The molecule has 18 heavy (non-hydrogen) atoms. The number of anilines is 1. The van der Waals surface area contributed by atoms with Crippen LogP contribution in [0.3, 0.4) is 0 Å². The number of nitrogens with two attached hydrogens (primary N) is 1. The summed E-state index contributed by atoms with van der Waals surface area (Å²) in [5.41, 5.74) is 7.77. The van der Waals surface area contributed by atoms with Gasteiger partial charge in [0, 0.05) is 5.69 Å². The number of thiophene rings is 1. The lowest BCUT2D eigenvalue weighted by Crippen LogP contribution is -2.02. The summed E-state index contributed by atoms with van der Waals surface area (Å²) in [5, 5.41) is 1.09. The average Bonchev–Trinajstić information content (AvgIpc) is 2.75. The molecule has 0 saturated heterocycles. The molecule has 0 spiro atoms. The number of hydrogen-bond acceptors (Lipinski definition) is 4. The topological polar surface area (TPSA) is 52.3 Å². The highest BCUT2D eigenvalue weighted by Gasteiger charge is 2.19. The van der Waals surface area contributed by atoms with Gasteiger partial charge in [-0.3, -0.25) is 0 Å². The van der Waals surface area contributed by atoms with Gasteiger partial charge in [-0.1, -0.05) is 25.5 Å². The van der Waals surface area contributed by atoms with Crippen LogP contribution in [-0.4, -0.2) is 13.1 Å². The largest absolute Gasteiger partial charge is 0.465 e. The van der Waals surface area contributed by atoms with Gasteiger partial charge in [0.2, 0.25) is 0 Å². The van der Waals surface area contributed by atoms with Crippen molar-refractivity contribution in [1.29, 1.82) is 0 Å². The first kappa shape index (κ1) is 12.9. The number of fused-ring (bicyclic) bond motifs is 1. The third-order valence-electron chi connectivity index (χ3n) is 3.00. The van der Waals surface area contributed by atoms with Gasteiger partial charge in [0.05, 0.1) is 11.8 Å². The number of unbranched alkanes of at least 4 members (excludes halogenated alkanes) is 1. The molecule has 4 heteroatoms. The Morgan fingerprint density at radius 3 is 2.89 bits per heavy atom. The van der Waals surface area contributed by atoms with Crippen molar-refractivity contribution >= 4 is 33.1 Å². The Morgan fingerprint density at radius 1 is 1.44 bits per heavy atom. The maximum Gasteiger partial charge on any atom is 0.348 e. The molecule has 1 heterocycles. The molecule has 2 N–H and O–H groups in total. The summed E-state index contributed by atoms with van der Waals surface area (Å²) in [6, 6.07) is 5.82. The van der Waals surface area contributed by atoms with Gasteiger partial charge in [-0.05, 0) is 29.9 Å². The molecule has 0 radical (unpaired) electrons. The Bertz CT molecular complexity index is 574. The monoisotopic (exact) mass is 263 g/mol. The molecule has 0 bridgehead atoms. The highest BCUT2D eigenvalue weighted by molar-refractivity contribution is 7.21. The van der Waals surface area contributed by atoms with Gasteiger partial charge in [0.1, 0.15) is 4.88 Å². The second kappa shape index (κ2) is 5.40. The normalized spacial score (nSPS) is 10.8. The molecule has 0 atom stereocenters. The second-order valence-electron chi connectivity index (χ2n) is 4.23. The summed E-state index contributed by atoms with van der Waals surface area (Å²) in [7, 11) is 1.42. The summed E-state index contributed by atoms with van der Waals surface area (Å²) in [6.07, 6.45) is 3.05. The van der Waals surface area contributed by atoms with Gasteiger partial charge in [-0.15, -0.1) is 11.3 Å². The zero-order valence-corrected chi connectivity index (χ0v) is 11.5. The maximum atomic E-state index is 11.8. The van der Waals surface area contributed by atoms with Gasteiger partial charge in [-0.2, -0.15) is 0 Å². The number of benzene rings is 1. The lowest BCUT2D eigenvalue weighted by molar-refractivity contribution is 0.0605. The van der Waals surface area contributed by atoms with Gasteiger partial charge in [0.25, 0.3) is 0 Å². The minimum Gasteiger partial charge on any atom is -0.465 e. The quantitative estimate of drug-likeness (QED) is 0.677. The van der Waals surface area contributed by atoms with Crippen LogP contribution in [-0.2, 0) is 11.2 Å². The Kier molecular flexibility index (Phi) is 3.87. The van der Waals surface area contributed by atoms with Crippen LogP contribution in [0.5, 0.6) is 0 Å². The zero-order valence-electron chi connectivity index (χ0n) is 10.7. The van der Waals surface area contributed by atoms with Gasteiger partial charge < -0.3 is 10.5 Å². The molecule has 0 aliphatic carbocycles. The number of aryl methyl sites for hydroxylation is 1. The molecular weight excluding hydrogens is 246 g/mol. The van der Waals surface area contributed by atoms with Crippen molar-refractivity contribution in [3.8, 4) is 0 Å². The third-order valence-corrected chi connectivity index (χ3v) is 4.28. The lowest BCUT2D eigenvalue weighted by atomic mass is 10.0. The Hall–Kier alpha value is -1.55. The van der Waals surface area contributed by atoms with Crippen LogP contribution in [0, 0.1) is 0 Å². The van der Waals surface area contributed by atoms with Crippen LogP contribution >= 0.6 is 11.3 Å². The molecule has 96 valence electrons. The summed E-state index contributed by atoms with van der Waals surface area (Å²) < 4.78 is 5.85. The molecular formula is C14H17NO2S. The number of carbonyl (C=O) groups is 1. The SMILES string of the molecule is CCCCc1c(C(=O)OC)sc2c(N)cccc12. The van der Waals surface area contributed by atoms with Gasteiger partial charge in [-0.25, -0.2) is 4.79 Å². The fourth-order valence-electron chi connectivity index (χ4n) is 2.05. The number of carbonyl (C=O) groups excluding carboxylic acids is 1. The van der Waals surface area contributed by atoms with Crippen LogP contribution in [0.15, 0.2) is 18.2 Å².